The maximum Gasteiger partial charge on any atom is 0.0726 e. The van der Waals surface area contributed by atoms with Crippen LogP contribution < -0.4 is 0 Å². The van der Waals surface area contributed by atoms with Crippen molar-refractivity contribution >= 4 is 32.3 Å². The van der Waals surface area contributed by atoms with Crippen LogP contribution in [0.25, 0.3) is 88.0 Å². The van der Waals surface area contributed by atoms with Crippen molar-refractivity contribution in [2.75, 3.05) is 0 Å². The van der Waals surface area contributed by atoms with Gasteiger partial charge in [-0.25, -0.2) is 0 Å². The van der Waals surface area contributed by atoms with E-state index < -0.39 is 5.41 Å². The van der Waals surface area contributed by atoms with Crippen molar-refractivity contribution in [2.45, 2.75) is 43.9 Å². The van der Waals surface area contributed by atoms with Crippen LogP contribution in [0.1, 0.15) is 72.2 Å². The molecule has 0 aliphatic heterocycles. The smallest absolute Gasteiger partial charge is 0.0619 e. The van der Waals surface area contributed by atoms with Gasteiger partial charge >= 0.3 is 0 Å². The van der Waals surface area contributed by atoms with Crippen molar-refractivity contribution in [3.05, 3.63) is 226 Å². The van der Waals surface area contributed by atoms with Gasteiger partial charge in [0.15, 0.2) is 0 Å². The largest absolute Gasteiger partial charge is 0.0726 e. The van der Waals surface area contributed by atoms with Gasteiger partial charge in [0.05, 0.1) is 5.41 Å². The number of fused-ring (bicyclic) bond motifs is 16. The molecule has 10 aromatic carbocycles. The summed E-state index contributed by atoms with van der Waals surface area (Å²) in [7, 11) is 0. The maximum absolute atomic E-state index is 2.56. The van der Waals surface area contributed by atoms with Crippen molar-refractivity contribution in [3.63, 3.8) is 0 Å². The summed E-state index contributed by atoms with van der Waals surface area (Å²) >= 11 is 0. The third kappa shape index (κ3) is 3.98. The summed E-state index contributed by atoms with van der Waals surface area (Å²) in [6.45, 7) is 9.47. The monoisotopic (exact) mass is 774 g/mol. The molecule has 0 nitrogen and oxygen atoms in total. The van der Waals surface area contributed by atoms with E-state index >= 15 is 0 Å². The molecule has 1 spiro atoms. The lowest BCUT2D eigenvalue weighted by Gasteiger charge is -2.31. The number of hydrogen-bond donors (Lipinski definition) is 0. The minimum atomic E-state index is -0.494. The Kier molecular flexibility index (Phi) is 6.21. The van der Waals surface area contributed by atoms with E-state index in [2.05, 4.69) is 210 Å². The molecule has 0 heteroatoms. The molecule has 61 heavy (non-hydrogen) atoms. The van der Waals surface area contributed by atoms with E-state index in [0.29, 0.717) is 0 Å². The minimum Gasteiger partial charge on any atom is -0.0619 e. The normalized spacial score (nSPS) is 15.9. The highest BCUT2D eigenvalue weighted by Crippen LogP contribution is 2.64. The highest BCUT2D eigenvalue weighted by molar-refractivity contribution is 6.30. The van der Waals surface area contributed by atoms with Gasteiger partial charge in [-0.05, 0) is 157 Å². The molecule has 14 rings (SSSR count). The van der Waals surface area contributed by atoms with Crippen molar-refractivity contribution in [1.29, 1.82) is 0 Å². The molecule has 286 valence electrons. The summed E-state index contributed by atoms with van der Waals surface area (Å²) in [5, 5.41) is 8.12. The molecule has 0 unspecified atom stereocenters. The molecule has 0 atom stereocenters. The third-order valence-corrected chi connectivity index (χ3v) is 15.7. The lowest BCUT2D eigenvalue weighted by Crippen LogP contribution is -2.26. The first-order valence-electron chi connectivity index (χ1n) is 21.9. The number of benzene rings is 10. The van der Waals surface area contributed by atoms with Gasteiger partial charge < -0.3 is 0 Å². The van der Waals surface area contributed by atoms with E-state index in [1.54, 1.807) is 0 Å². The molecular formula is C61H42. The molecule has 0 saturated carbocycles. The van der Waals surface area contributed by atoms with Crippen LogP contribution in [0.5, 0.6) is 0 Å². The first-order valence-corrected chi connectivity index (χ1v) is 21.9. The highest BCUT2D eigenvalue weighted by atomic mass is 14.5. The van der Waals surface area contributed by atoms with Crippen molar-refractivity contribution in [2.24, 2.45) is 0 Å². The molecule has 0 heterocycles. The van der Waals surface area contributed by atoms with E-state index in [1.807, 2.05) is 0 Å². The van der Waals surface area contributed by atoms with Crippen LogP contribution in [0, 0.1) is 0 Å². The summed E-state index contributed by atoms with van der Waals surface area (Å²) in [4.78, 5) is 0. The van der Waals surface area contributed by atoms with E-state index in [-0.39, 0.29) is 10.8 Å². The summed E-state index contributed by atoms with van der Waals surface area (Å²) < 4.78 is 0. The zero-order valence-electron chi connectivity index (χ0n) is 34.8. The van der Waals surface area contributed by atoms with E-state index in [0.717, 1.165) is 0 Å². The van der Waals surface area contributed by atoms with E-state index in [9.17, 15) is 0 Å². The molecule has 0 amide bonds. The predicted molar refractivity (Wildman–Crippen MR) is 256 cm³/mol. The Balaban J connectivity index is 1.04. The summed E-state index contributed by atoms with van der Waals surface area (Å²) in [5.41, 5.74) is 23.8. The van der Waals surface area contributed by atoms with E-state index in [1.165, 1.54) is 132 Å². The third-order valence-electron chi connectivity index (χ3n) is 15.7. The quantitative estimate of drug-likeness (QED) is 0.153. The molecule has 4 aliphatic carbocycles. The molecule has 0 aromatic heterocycles. The van der Waals surface area contributed by atoms with Crippen molar-refractivity contribution < 1.29 is 0 Å². The molecule has 0 N–H and O–H groups in total. The maximum atomic E-state index is 2.56. The van der Waals surface area contributed by atoms with Crippen LogP contribution in [0.2, 0.25) is 0 Å². The van der Waals surface area contributed by atoms with Gasteiger partial charge in [-0.3, -0.25) is 0 Å². The fourth-order valence-electron chi connectivity index (χ4n) is 12.9. The standard InChI is InChI=1S/C61H42/c1-59(2)49-19-9-7-15-41(49)47-31-35(25-29-51(47)59)37-23-27-43-44-28-24-38(36-26-30-52-48(32-36)42-16-8-10-20-50(42)60(52,3)4)34-56(44)61(55(43)33-37)53-21-11-17-45-39-13-5-6-14-40(39)46-18-12-22-54(61)58(46)57(45)53/h5-34H,1-4H3. The Morgan fingerprint density at radius 3 is 1.07 bits per heavy atom. The Labute approximate surface area is 356 Å². The fraction of sp³-hybridized carbons (Fsp3) is 0.115. The molecule has 0 saturated heterocycles. The summed E-state index contributed by atoms with van der Waals surface area (Å²) in [6, 6.07) is 70.4. The first kappa shape index (κ1) is 33.8. The van der Waals surface area contributed by atoms with Crippen LogP contribution in [0.15, 0.2) is 182 Å². The van der Waals surface area contributed by atoms with Crippen LogP contribution in [0.3, 0.4) is 0 Å². The lowest BCUT2D eigenvalue weighted by atomic mass is 9.69. The zero-order valence-corrected chi connectivity index (χ0v) is 34.8. The second-order valence-electron chi connectivity index (χ2n) is 19.1. The Morgan fingerprint density at radius 1 is 0.246 bits per heavy atom. The molecule has 0 bridgehead atoms. The van der Waals surface area contributed by atoms with Crippen LogP contribution in [0.4, 0.5) is 0 Å². The molecular weight excluding hydrogens is 733 g/mol. The van der Waals surface area contributed by atoms with Gasteiger partial charge in [0.2, 0.25) is 0 Å². The van der Waals surface area contributed by atoms with Crippen LogP contribution in [-0.2, 0) is 16.2 Å². The van der Waals surface area contributed by atoms with Gasteiger partial charge in [0.25, 0.3) is 0 Å². The molecule has 0 radical (unpaired) electrons. The first-order chi connectivity index (χ1) is 29.8. The van der Waals surface area contributed by atoms with Gasteiger partial charge in [-0.15, -0.1) is 0 Å². The van der Waals surface area contributed by atoms with Crippen molar-refractivity contribution in [1.82, 2.24) is 0 Å². The number of rotatable bonds is 2. The predicted octanol–water partition coefficient (Wildman–Crippen LogP) is 15.8. The fourth-order valence-corrected chi connectivity index (χ4v) is 12.9. The van der Waals surface area contributed by atoms with Crippen LogP contribution in [-0.4, -0.2) is 0 Å². The lowest BCUT2D eigenvalue weighted by molar-refractivity contribution is 0.660. The van der Waals surface area contributed by atoms with E-state index in [4.69, 9.17) is 0 Å². The van der Waals surface area contributed by atoms with Crippen molar-refractivity contribution in [3.8, 4) is 55.6 Å². The second kappa shape index (κ2) is 11.2. The Bertz CT molecular complexity index is 3400. The van der Waals surface area contributed by atoms with Gasteiger partial charge in [0, 0.05) is 10.8 Å². The van der Waals surface area contributed by atoms with Gasteiger partial charge in [-0.1, -0.05) is 185 Å². The molecule has 0 fully saturated rings. The second-order valence-corrected chi connectivity index (χ2v) is 19.1. The average molecular weight is 775 g/mol. The Morgan fingerprint density at radius 2 is 0.590 bits per heavy atom. The molecule has 4 aliphatic rings. The summed E-state index contributed by atoms with van der Waals surface area (Å²) in [5.74, 6) is 0. The topological polar surface area (TPSA) is 0 Å². The highest BCUT2D eigenvalue weighted by Gasteiger charge is 2.51. The zero-order chi connectivity index (χ0) is 40.6. The van der Waals surface area contributed by atoms with Gasteiger partial charge in [-0.2, -0.15) is 0 Å². The average Bonchev–Trinajstić information content (AvgIpc) is 3.93. The van der Waals surface area contributed by atoms with Gasteiger partial charge in [0.1, 0.15) is 0 Å². The molecule has 10 aromatic rings. The Hall–Kier alpha value is -7.02. The summed E-state index contributed by atoms with van der Waals surface area (Å²) in [6.07, 6.45) is 0. The SMILES string of the molecule is CC1(C)c2ccccc2-c2cc(-c3ccc4c(c3)C3(c5cc(-c6ccc7c(c6)-c6ccccc6C7(C)C)ccc5-4)c4cccc5c6ccccc6c6cccc3c6c45)ccc21. The number of hydrogen-bond acceptors (Lipinski definition) is 0. The van der Waals surface area contributed by atoms with Crippen LogP contribution >= 0.6 is 0 Å². The minimum absolute atomic E-state index is 0.0270.